The number of ether oxygens (including phenoxy) is 1. The van der Waals surface area contributed by atoms with Crippen LogP contribution in [0, 0.1) is 0 Å². The predicted molar refractivity (Wildman–Crippen MR) is 47.9 cm³/mol. The lowest BCUT2D eigenvalue weighted by Gasteiger charge is -2.12. The number of hydrogen-bond donors (Lipinski definition) is 1. The first-order valence-electron chi connectivity index (χ1n) is 3.63. The summed E-state index contributed by atoms with van der Waals surface area (Å²) in [7, 11) is 0. The van der Waals surface area contributed by atoms with Crippen LogP contribution in [-0.2, 0) is 0 Å². The van der Waals surface area contributed by atoms with E-state index in [-0.39, 0.29) is 22.6 Å². The molecule has 0 aliphatic heterocycles. The van der Waals surface area contributed by atoms with Gasteiger partial charge in [0.1, 0.15) is 0 Å². The Kier molecular flexibility index (Phi) is 3.09. The molecule has 0 heterocycles. The van der Waals surface area contributed by atoms with E-state index >= 15 is 0 Å². The first-order chi connectivity index (χ1) is 6.83. The number of anilines is 1. The average Bonchev–Trinajstić information content (AvgIpc) is 2.07. The van der Waals surface area contributed by atoms with E-state index in [2.05, 4.69) is 4.74 Å². The first-order valence-corrected chi connectivity index (χ1v) is 4.01. The molecule has 15 heavy (non-hydrogen) atoms. The Balaban J connectivity index is 3.21. The molecule has 0 fully saturated rings. The first kappa shape index (κ1) is 11.6. The van der Waals surface area contributed by atoms with Gasteiger partial charge in [0.2, 0.25) is 0 Å². The zero-order chi connectivity index (χ0) is 11.6. The Morgan fingerprint density at radius 1 is 1.40 bits per heavy atom. The summed E-state index contributed by atoms with van der Waals surface area (Å²) in [6.07, 6.45) is -4.72. The molecule has 2 N–H and O–H groups in total. The molecule has 0 saturated heterocycles. The Labute approximate surface area is 87.6 Å². The third-order valence-corrected chi connectivity index (χ3v) is 1.72. The van der Waals surface area contributed by atoms with Crippen molar-refractivity contribution in [1.29, 1.82) is 0 Å². The van der Waals surface area contributed by atoms with Gasteiger partial charge in [0, 0.05) is 5.69 Å². The second-order valence-corrected chi connectivity index (χ2v) is 2.99. The molecule has 1 rings (SSSR count). The fraction of sp³-hybridized carbons (Fsp3) is 0.125. The van der Waals surface area contributed by atoms with E-state index in [0.717, 1.165) is 12.1 Å². The highest BCUT2D eigenvalue weighted by Crippen LogP contribution is 2.34. The second kappa shape index (κ2) is 3.98. The van der Waals surface area contributed by atoms with Gasteiger partial charge >= 0.3 is 6.36 Å². The smallest absolute Gasteiger partial charge is 0.403 e. The molecule has 7 heteroatoms. The molecule has 0 atom stereocenters. The van der Waals surface area contributed by atoms with Crippen molar-refractivity contribution in [2.45, 2.75) is 6.36 Å². The summed E-state index contributed by atoms with van der Waals surface area (Å²) >= 11 is 5.46. The molecule has 0 spiro atoms. The van der Waals surface area contributed by atoms with Gasteiger partial charge in [0.15, 0.2) is 12.0 Å². The highest BCUT2D eigenvalue weighted by molar-refractivity contribution is 6.32. The molecular formula is C8H5ClF3NO2. The van der Waals surface area contributed by atoms with E-state index in [0.29, 0.717) is 0 Å². The van der Waals surface area contributed by atoms with Crippen LogP contribution in [0.4, 0.5) is 18.9 Å². The topological polar surface area (TPSA) is 52.3 Å². The SMILES string of the molecule is Nc1cc(Cl)c(OC(F)(F)F)c(C=O)c1. The number of carbonyl (C=O) groups is 1. The van der Waals surface area contributed by atoms with E-state index < -0.39 is 12.1 Å². The van der Waals surface area contributed by atoms with Crippen LogP contribution in [0.15, 0.2) is 12.1 Å². The molecule has 3 nitrogen and oxygen atoms in total. The summed E-state index contributed by atoms with van der Waals surface area (Å²) in [5.74, 6) is -0.742. The quantitative estimate of drug-likeness (QED) is 0.638. The summed E-state index contributed by atoms with van der Waals surface area (Å²) in [5, 5.41) is -0.366. The Morgan fingerprint density at radius 2 is 2.00 bits per heavy atom. The largest absolute Gasteiger partial charge is 0.573 e. The van der Waals surface area contributed by atoms with Crippen LogP contribution < -0.4 is 10.5 Å². The van der Waals surface area contributed by atoms with E-state index in [1.807, 2.05) is 0 Å². The molecule has 0 aliphatic carbocycles. The molecule has 0 unspecified atom stereocenters. The zero-order valence-electron chi connectivity index (χ0n) is 7.14. The summed E-state index contributed by atoms with van der Waals surface area (Å²) in [6.45, 7) is 0. The van der Waals surface area contributed by atoms with Crippen molar-refractivity contribution < 1.29 is 22.7 Å². The minimum Gasteiger partial charge on any atom is -0.403 e. The molecule has 1 aromatic rings. The molecule has 0 aromatic heterocycles. The van der Waals surface area contributed by atoms with Crippen molar-refractivity contribution in [1.82, 2.24) is 0 Å². The van der Waals surface area contributed by atoms with Crippen LogP contribution in [0.5, 0.6) is 5.75 Å². The van der Waals surface area contributed by atoms with Gasteiger partial charge < -0.3 is 10.5 Å². The minimum absolute atomic E-state index is 0.0802. The zero-order valence-corrected chi connectivity index (χ0v) is 7.89. The Morgan fingerprint density at radius 3 is 2.47 bits per heavy atom. The van der Waals surface area contributed by atoms with Crippen LogP contribution >= 0.6 is 11.6 Å². The van der Waals surface area contributed by atoms with Gasteiger partial charge in [-0.15, -0.1) is 13.2 Å². The monoisotopic (exact) mass is 239 g/mol. The lowest BCUT2D eigenvalue weighted by Crippen LogP contribution is -2.18. The Hall–Kier alpha value is -1.43. The number of carbonyl (C=O) groups excluding carboxylic acids is 1. The molecule has 0 aliphatic rings. The lowest BCUT2D eigenvalue weighted by atomic mass is 10.2. The van der Waals surface area contributed by atoms with Crippen LogP contribution in [0.1, 0.15) is 10.4 Å². The van der Waals surface area contributed by atoms with Crippen LogP contribution in [0.2, 0.25) is 5.02 Å². The molecular weight excluding hydrogens is 235 g/mol. The van der Waals surface area contributed by atoms with Gasteiger partial charge in [-0.2, -0.15) is 0 Å². The maximum atomic E-state index is 11.9. The number of alkyl halides is 3. The van der Waals surface area contributed by atoms with Gasteiger partial charge in [0.25, 0.3) is 0 Å². The summed E-state index contributed by atoms with van der Waals surface area (Å²) in [6, 6.07) is 2.11. The number of benzene rings is 1. The molecule has 0 amide bonds. The van der Waals surface area contributed by atoms with Gasteiger partial charge in [0.05, 0.1) is 10.6 Å². The van der Waals surface area contributed by atoms with Crippen LogP contribution in [0.25, 0.3) is 0 Å². The Bertz CT molecular complexity index is 392. The second-order valence-electron chi connectivity index (χ2n) is 2.59. The maximum absolute atomic E-state index is 11.9. The van der Waals surface area contributed by atoms with Crippen molar-refractivity contribution in [2.24, 2.45) is 0 Å². The summed E-state index contributed by atoms with van der Waals surface area (Å²) < 4.78 is 39.3. The van der Waals surface area contributed by atoms with Crippen molar-refractivity contribution in [3.05, 3.63) is 22.7 Å². The molecule has 0 bridgehead atoms. The number of halogens is 4. The number of hydrogen-bond acceptors (Lipinski definition) is 3. The highest BCUT2D eigenvalue weighted by Gasteiger charge is 2.33. The van der Waals surface area contributed by atoms with Crippen LogP contribution in [-0.4, -0.2) is 12.6 Å². The summed E-state index contributed by atoms with van der Waals surface area (Å²) in [4.78, 5) is 10.5. The van der Waals surface area contributed by atoms with Gasteiger partial charge in [-0.25, -0.2) is 0 Å². The molecule has 0 radical (unpaired) electrons. The predicted octanol–water partition coefficient (Wildman–Crippen LogP) is 2.63. The standard InChI is InChI=1S/C8H5ClF3NO2/c9-6-2-5(13)1-4(3-14)7(6)15-8(10,11)12/h1-3H,13H2. The molecule has 82 valence electrons. The van der Waals surface area contributed by atoms with E-state index in [1.165, 1.54) is 0 Å². The fourth-order valence-corrected chi connectivity index (χ4v) is 1.22. The van der Waals surface area contributed by atoms with Crippen molar-refractivity contribution >= 4 is 23.6 Å². The number of rotatable bonds is 2. The highest BCUT2D eigenvalue weighted by atomic mass is 35.5. The van der Waals surface area contributed by atoms with Crippen molar-refractivity contribution in [3.8, 4) is 5.75 Å². The van der Waals surface area contributed by atoms with E-state index in [1.54, 1.807) is 0 Å². The van der Waals surface area contributed by atoms with E-state index in [4.69, 9.17) is 17.3 Å². The molecule has 1 aromatic carbocycles. The third-order valence-electron chi connectivity index (χ3n) is 1.44. The van der Waals surface area contributed by atoms with Gasteiger partial charge in [-0.1, -0.05) is 11.6 Å². The molecule has 0 saturated carbocycles. The number of nitrogen functional groups attached to an aromatic ring is 1. The van der Waals surface area contributed by atoms with Gasteiger partial charge in [-0.05, 0) is 12.1 Å². The number of aldehydes is 1. The lowest BCUT2D eigenvalue weighted by molar-refractivity contribution is -0.274. The fourth-order valence-electron chi connectivity index (χ4n) is 0.947. The minimum atomic E-state index is -4.91. The van der Waals surface area contributed by atoms with Gasteiger partial charge in [-0.3, -0.25) is 4.79 Å². The number of nitrogens with two attached hydrogens (primary N) is 1. The van der Waals surface area contributed by atoms with E-state index in [9.17, 15) is 18.0 Å². The van der Waals surface area contributed by atoms with Crippen molar-refractivity contribution in [3.63, 3.8) is 0 Å². The van der Waals surface area contributed by atoms with Crippen LogP contribution in [0.3, 0.4) is 0 Å². The average molecular weight is 240 g/mol. The third kappa shape index (κ3) is 3.02. The normalized spacial score (nSPS) is 11.2. The maximum Gasteiger partial charge on any atom is 0.573 e. The van der Waals surface area contributed by atoms with Crippen molar-refractivity contribution in [2.75, 3.05) is 5.73 Å². The summed E-state index contributed by atoms with van der Waals surface area (Å²) in [5.41, 5.74) is 5.02.